The van der Waals surface area contributed by atoms with Gasteiger partial charge in [-0.25, -0.2) is 0 Å². The molecule has 2 nitrogen and oxygen atoms in total. The molecule has 12 heavy (non-hydrogen) atoms. The number of hydrogen-bond acceptors (Lipinski definition) is 2. The van der Waals surface area contributed by atoms with Gasteiger partial charge in [0.2, 0.25) is 0 Å². The molecule has 1 aliphatic heterocycles. The van der Waals surface area contributed by atoms with E-state index < -0.39 is 0 Å². The van der Waals surface area contributed by atoms with Crippen LogP contribution in [0.5, 0.6) is 0 Å². The highest BCUT2D eigenvalue weighted by molar-refractivity contribution is 4.95. The molecular formula is C10H17NO. The first-order valence-electron chi connectivity index (χ1n) is 4.45. The van der Waals surface area contributed by atoms with E-state index in [2.05, 4.69) is 18.1 Å². The number of likely N-dealkylation sites (tertiary alicyclic amines) is 1. The van der Waals surface area contributed by atoms with Crippen molar-refractivity contribution in [2.75, 3.05) is 13.1 Å². The molecule has 68 valence electrons. The van der Waals surface area contributed by atoms with Crippen LogP contribution in [0, 0.1) is 0 Å². The molecular weight excluding hydrogens is 150 g/mol. The number of aliphatic hydroxyl groups excluding tert-OH is 1. The monoisotopic (exact) mass is 167 g/mol. The van der Waals surface area contributed by atoms with Gasteiger partial charge in [0.15, 0.2) is 0 Å². The third kappa shape index (κ3) is 1.96. The van der Waals surface area contributed by atoms with Crippen LogP contribution in [-0.4, -0.2) is 35.2 Å². The molecule has 1 fully saturated rings. The molecule has 1 aliphatic rings. The predicted molar refractivity (Wildman–Crippen MR) is 51.0 cm³/mol. The summed E-state index contributed by atoms with van der Waals surface area (Å²) >= 11 is 0. The summed E-state index contributed by atoms with van der Waals surface area (Å²) in [6, 6.07) is 0.264. The Morgan fingerprint density at radius 2 is 2.33 bits per heavy atom. The van der Waals surface area contributed by atoms with Gasteiger partial charge in [-0.15, -0.1) is 13.2 Å². The molecule has 2 unspecified atom stereocenters. The third-order valence-electron chi connectivity index (χ3n) is 2.41. The van der Waals surface area contributed by atoms with Gasteiger partial charge < -0.3 is 5.11 Å². The van der Waals surface area contributed by atoms with E-state index in [0.717, 1.165) is 19.5 Å². The smallest absolute Gasteiger partial charge is 0.0873 e. The van der Waals surface area contributed by atoms with Crippen LogP contribution in [0.2, 0.25) is 0 Å². The summed E-state index contributed by atoms with van der Waals surface area (Å²) in [6.07, 6.45) is 5.36. The second-order valence-electron chi connectivity index (χ2n) is 3.22. The van der Waals surface area contributed by atoms with E-state index in [-0.39, 0.29) is 12.1 Å². The number of rotatable bonds is 4. The van der Waals surface area contributed by atoms with Crippen molar-refractivity contribution < 1.29 is 5.11 Å². The lowest BCUT2D eigenvalue weighted by Crippen LogP contribution is -2.37. The van der Waals surface area contributed by atoms with Crippen LogP contribution in [0.3, 0.4) is 0 Å². The number of hydrogen-bond donors (Lipinski definition) is 1. The fourth-order valence-corrected chi connectivity index (χ4v) is 1.79. The van der Waals surface area contributed by atoms with Crippen molar-refractivity contribution in [2.45, 2.75) is 25.0 Å². The van der Waals surface area contributed by atoms with E-state index in [9.17, 15) is 5.11 Å². The quantitative estimate of drug-likeness (QED) is 0.636. The SMILES string of the molecule is C=CCN1CCCC1C(O)C=C. The van der Waals surface area contributed by atoms with Gasteiger partial charge in [-0.3, -0.25) is 4.90 Å². The molecule has 0 amide bonds. The van der Waals surface area contributed by atoms with Gasteiger partial charge in [-0.05, 0) is 19.4 Å². The Labute approximate surface area is 74.2 Å². The van der Waals surface area contributed by atoms with Crippen molar-refractivity contribution in [2.24, 2.45) is 0 Å². The minimum Gasteiger partial charge on any atom is -0.387 e. The second kappa shape index (κ2) is 4.43. The normalized spacial score (nSPS) is 26.9. The fourth-order valence-electron chi connectivity index (χ4n) is 1.79. The Hall–Kier alpha value is -0.600. The lowest BCUT2D eigenvalue weighted by Gasteiger charge is -2.25. The molecule has 0 radical (unpaired) electrons. The van der Waals surface area contributed by atoms with Crippen LogP contribution in [0.1, 0.15) is 12.8 Å². The highest BCUT2D eigenvalue weighted by Crippen LogP contribution is 2.20. The molecule has 0 aromatic rings. The largest absolute Gasteiger partial charge is 0.387 e. The maximum Gasteiger partial charge on any atom is 0.0873 e. The summed E-state index contributed by atoms with van der Waals surface area (Å²) < 4.78 is 0. The average molecular weight is 167 g/mol. The number of nitrogens with zero attached hydrogens (tertiary/aromatic N) is 1. The lowest BCUT2D eigenvalue weighted by molar-refractivity contribution is 0.115. The molecule has 1 rings (SSSR count). The second-order valence-corrected chi connectivity index (χ2v) is 3.22. The summed E-state index contributed by atoms with van der Waals surface area (Å²) in [7, 11) is 0. The Balaban J connectivity index is 2.50. The first kappa shape index (κ1) is 9.49. The summed E-state index contributed by atoms with van der Waals surface area (Å²) in [6.45, 7) is 9.23. The predicted octanol–water partition coefficient (Wildman–Crippen LogP) is 1.18. The zero-order valence-corrected chi connectivity index (χ0v) is 7.45. The zero-order chi connectivity index (χ0) is 8.97. The van der Waals surface area contributed by atoms with E-state index in [1.165, 1.54) is 6.42 Å². The van der Waals surface area contributed by atoms with Crippen molar-refractivity contribution in [3.63, 3.8) is 0 Å². The highest BCUT2D eigenvalue weighted by atomic mass is 16.3. The van der Waals surface area contributed by atoms with Crippen LogP contribution >= 0.6 is 0 Å². The van der Waals surface area contributed by atoms with Crippen LogP contribution < -0.4 is 0 Å². The van der Waals surface area contributed by atoms with Gasteiger partial charge in [-0.2, -0.15) is 0 Å². The van der Waals surface area contributed by atoms with Gasteiger partial charge in [0.25, 0.3) is 0 Å². The topological polar surface area (TPSA) is 23.5 Å². The fraction of sp³-hybridized carbons (Fsp3) is 0.600. The van der Waals surface area contributed by atoms with Crippen molar-refractivity contribution in [1.82, 2.24) is 4.90 Å². The van der Waals surface area contributed by atoms with Crippen molar-refractivity contribution in [3.8, 4) is 0 Å². The van der Waals surface area contributed by atoms with Gasteiger partial charge in [0.05, 0.1) is 6.10 Å². The van der Waals surface area contributed by atoms with Crippen molar-refractivity contribution in [1.29, 1.82) is 0 Å². The lowest BCUT2D eigenvalue weighted by atomic mass is 10.1. The minimum absolute atomic E-state index is 0.264. The first-order chi connectivity index (χ1) is 5.79. The molecule has 1 saturated heterocycles. The Morgan fingerprint density at radius 3 is 2.92 bits per heavy atom. The molecule has 0 spiro atoms. The zero-order valence-electron chi connectivity index (χ0n) is 7.45. The van der Waals surface area contributed by atoms with Gasteiger partial charge in [-0.1, -0.05) is 12.2 Å². The van der Waals surface area contributed by atoms with Crippen LogP contribution in [-0.2, 0) is 0 Å². The Bertz CT molecular complexity index is 167. The summed E-state index contributed by atoms with van der Waals surface area (Å²) in [5.74, 6) is 0. The maximum absolute atomic E-state index is 9.56. The molecule has 1 heterocycles. The maximum atomic E-state index is 9.56. The van der Waals surface area contributed by atoms with Gasteiger partial charge >= 0.3 is 0 Å². The third-order valence-corrected chi connectivity index (χ3v) is 2.41. The molecule has 2 atom stereocenters. The minimum atomic E-state index is -0.382. The van der Waals surface area contributed by atoms with Gasteiger partial charge in [0.1, 0.15) is 0 Å². The van der Waals surface area contributed by atoms with Crippen LogP contribution in [0.15, 0.2) is 25.3 Å². The van der Waals surface area contributed by atoms with E-state index >= 15 is 0 Å². The van der Waals surface area contributed by atoms with Crippen LogP contribution in [0.25, 0.3) is 0 Å². The molecule has 0 bridgehead atoms. The molecule has 2 heteroatoms. The molecule has 0 aromatic heterocycles. The summed E-state index contributed by atoms with van der Waals surface area (Å²) in [5.41, 5.74) is 0. The van der Waals surface area contributed by atoms with Gasteiger partial charge in [0, 0.05) is 12.6 Å². The van der Waals surface area contributed by atoms with E-state index in [4.69, 9.17) is 0 Å². The summed E-state index contributed by atoms with van der Waals surface area (Å²) in [5, 5.41) is 9.56. The number of aliphatic hydroxyl groups is 1. The standard InChI is InChI=1S/C10H17NO/c1-3-7-11-8-5-6-9(11)10(12)4-2/h3-4,9-10,12H,1-2,5-8H2. The van der Waals surface area contributed by atoms with Crippen LogP contribution in [0.4, 0.5) is 0 Å². The molecule has 1 N–H and O–H groups in total. The highest BCUT2D eigenvalue weighted by Gasteiger charge is 2.27. The first-order valence-corrected chi connectivity index (χ1v) is 4.45. The molecule has 0 saturated carbocycles. The molecule has 0 aromatic carbocycles. The van der Waals surface area contributed by atoms with Crippen molar-refractivity contribution in [3.05, 3.63) is 25.3 Å². The Kier molecular flexibility index (Phi) is 3.50. The Morgan fingerprint density at radius 1 is 1.58 bits per heavy atom. The molecule has 0 aliphatic carbocycles. The van der Waals surface area contributed by atoms with E-state index in [1.54, 1.807) is 6.08 Å². The van der Waals surface area contributed by atoms with E-state index in [0.29, 0.717) is 0 Å². The van der Waals surface area contributed by atoms with Crippen molar-refractivity contribution >= 4 is 0 Å². The van der Waals surface area contributed by atoms with E-state index in [1.807, 2.05) is 6.08 Å². The summed E-state index contributed by atoms with van der Waals surface area (Å²) in [4.78, 5) is 2.25. The average Bonchev–Trinajstić information content (AvgIpc) is 2.52.